The molecule has 1 aromatic heterocycles. The number of hydrogen-bond donors (Lipinski definition) is 1. The van der Waals surface area contributed by atoms with Crippen molar-refractivity contribution in [3.05, 3.63) is 28.4 Å². The Hall–Kier alpha value is -1.37. The molecule has 4 nitrogen and oxygen atoms in total. The number of rotatable bonds is 2. The van der Waals surface area contributed by atoms with E-state index in [-0.39, 0.29) is 0 Å². The van der Waals surface area contributed by atoms with Crippen LogP contribution in [-0.2, 0) is 0 Å². The molecule has 15 heavy (non-hydrogen) atoms. The summed E-state index contributed by atoms with van der Waals surface area (Å²) in [5, 5.41) is 0. The third-order valence-electron chi connectivity index (χ3n) is 1.91. The molecule has 1 atom stereocenters. The highest BCUT2D eigenvalue weighted by Gasteiger charge is 2.40. The monoisotopic (exact) mass is 221 g/mol. The molecule has 0 radical (unpaired) electrons. The van der Waals surface area contributed by atoms with Gasteiger partial charge in [0.2, 0.25) is 0 Å². The molecule has 1 heterocycles. The van der Waals surface area contributed by atoms with Gasteiger partial charge < -0.3 is 5.73 Å². The molecule has 1 rings (SSSR count). The lowest BCUT2D eigenvalue weighted by atomic mass is 10.3. The van der Waals surface area contributed by atoms with Crippen LogP contribution in [0.4, 0.5) is 13.2 Å². The number of halogens is 3. The van der Waals surface area contributed by atoms with Crippen molar-refractivity contribution in [2.24, 2.45) is 5.73 Å². The third-order valence-corrected chi connectivity index (χ3v) is 1.91. The molecular formula is C8H10F3N3O. The van der Waals surface area contributed by atoms with Crippen LogP contribution in [0, 0.1) is 6.92 Å². The van der Waals surface area contributed by atoms with Gasteiger partial charge in [0.25, 0.3) is 5.56 Å². The number of hydrogen-bond acceptors (Lipinski definition) is 3. The first kappa shape index (κ1) is 11.7. The molecule has 0 saturated carbocycles. The Balaban J connectivity index is 3.20. The predicted octanol–water partition coefficient (Wildman–Crippen LogP) is 0.614. The predicted molar refractivity (Wildman–Crippen MR) is 47.4 cm³/mol. The Kier molecular flexibility index (Phi) is 3.13. The molecule has 0 amide bonds. The maximum Gasteiger partial charge on any atom is 0.410 e. The van der Waals surface area contributed by atoms with Gasteiger partial charge >= 0.3 is 6.18 Å². The molecule has 1 unspecified atom stereocenters. The Morgan fingerprint density at radius 2 is 2.20 bits per heavy atom. The van der Waals surface area contributed by atoms with Gasteiger partial charge in [-0.3, -0.25) is 9.36 Å². The van der Waals surface area contributed by atoms with E-state index in [1.165, 1.54) is 6.92 Å². The summed E-state index contributed by atoms with van der Waals surface area (Å²) in [6.45, 7) is 0.838. The van der Waals surface area contributed by atoms with Gasteiger partial charge in [-0.05, 0) is 6.92 Å². The second kappa shape index (κ2) is 4.01. The summed E-state index contributed by atoms with van der Waals surface area (Å²) in [5.41, 5.74) is 4.61. The van der Waals surface area contributed by atoms with Gasteiger partial charge in [0.15, 0.2) is 0 Å². The van der Waals surface area contributed by atoms with Crippen LogP contribution in [0.3, 0.4) is 0 Å². The van der Waals surface area contributed by atoms with Gasteiger partial charge in [-0.15, -0.1) is 0 Å². The lowest BCUT2D eigenvalue weighted by Gasteiger charge is -2.20. The van der Waals surface area contributed by atoms with Crippen molar-refractivity contribution in [1.82, 2.24) is 9.55 Å². The van der Waals surface area contributed by atoms with Gasteiger partial charge in [-0.2, -0.15) is 13.2 Å². The minimum atomic E-state index is -4.55. The van der Waals surface area contributed by atoms with E-state index in [0.717, 1.165) is 12.4 Å². The van der Waals surface area contributed by atoms with Crippen LogP contribution < -0.4 is 11.3 Å². The quantitative estimate of drug-likeness (QED) is 0.796. The summed E-state index contributed by atoms with van der Waals surface area (Å²) < 4.78 is 37.8. The summed E-state index contributed by atoms with van der Waals surface area (Å²) in [5.74, 6) is 0. The fourth-order valence-electron chi connectivity index (χ4n) is 1.14. The van der Waals surface area contributed by atoms with Crippen molar-refractivity contribution in [2.45, 2.75) is 19.1 Å². The van der Waals surface area contributed by atoms with Gasteiger partial charge in [-0.25, -0.2) is 4.98 Å². The summed E-state index contributed by atoms with van der Waals surface area (Å²) in [6.07, 6.45) is -3.68. The summed E-state index contributed by atoms with van der Waals surface area (Å²) in [4.78, 5) is 14.9. The minimum Gasteiger partial charge on any atom is -0.328 e. The first-order valence-corrected chi connectivity index (χ1v) is 4.18. The molecule has 0 fully saturated rings. The third kappa shape index (κ3) is 2.56. The minimum absolute atomic E-state index is 0.370. The van der Waals surface area contributed by atoms with Crippen LogP contribution in [0.2, 0.25) is 0 Å². The average Bonchev–Trinajstić information content (AvgIpc) is 2.07. The van der Waals surface area contributed by atoms with Crippen LogP contribution in [0.5, 0.6) is 0 Å². The lowest BCUT2D eigenvalue weighted by molar-refractivity contribution is -0.165. The SMILES string of the molecule is Cc1cc(=O)n(C(CN)C(F)(F)F)cn1. The Bertz CT molecular complexity index is 399. The molecule has 0 aliphatic heterocycles. The Morgan fingerprint density at radius 3 is 2.60 bits per heavy atom. The summed E-state index contributed by atoms with van der Waals surface area (Å²) in [6, 6.07) is -0.980. The zero-order valence-corrected chi connectivity index (χ0v) is 7.95. The van der Waals surface area contributed by atoms with E-state index in [2.05, 4.69) is 4.98 Å². The van der Waals surface area contributed by atoms with Gasteiger partial charge in [0.1, 0.15) is 6.04 Å². The maximum atomic E-state index is 12.4. The van der Waals surface area contributed by atoms with Gasteiger partial charge in [0.05, 0.1) is 6.33 Å². The zero-order chi connectivity index (χ0) is 11.6. The summed E-state index contributed by atoms with van der Waals surface area (Å²) in [7, 11) is 0. The molecule has 7 heteroatoms. The maximum absolute atomic E-state index is 12.4. The normalized spacial score (nSPS) is 13.9. The van der Waals surface area contributed by atoms with E-state index < -0.39 is 24.3 Å². The number of nitrogens with zero attached hydrogens (tertiary/aromatic N) is 2. The highest BCUT2D eigenvalue weighted by atomic mass is 19.4. The molecule has 0 aliphatic carbocycles. The molecule has 0 spiro atoms. The second-order valence-electron chi connectivity index (χ2n) is 3.07. The first-order valence-electron chi connectivity index (χ1n) is 4.18. The highest BCUT2D eigenvalue weighted by molar-refractivity contribution is 4.98. The van der Waals surface area contributed by atoms with Crippen molar-refractivity contribution in [3.8, 4) is 0 Å². The van der Waals surface area contributed by atoms with Crippen LogP contribution in [0.25, 0.3) is 0 Å². The Morgan fingerprint density at radius 1 is 1.60 bits per heavy atom. The average molecular weight is 221 g/mol. The molecule has 0 bridgehead atoms. The molecule has 84 valence electrons. The van der Waals surface area contributed by atoms with Crippen molar-refractivity contribution < 1.29 is 13.2 Å². The number of alkyl halides is 3. The van der Waals surface area contributed by atoms with E-state index in [4.69, 9.17) is 5.73 Å². The van der Waals surface area contributed by atoms with E-state index >= 15 is 0 Å². The Labute approximate surface area is 83.5 Å². The largest absolute Gasteiger partial charge is 0.410 e. The van der Waals surface area contributed by atoms with Crippen molar-refractivity contribution in [3.63, 3.8) is 0 Å². The standard InChI is InChI=1S/C8H10F3N3O/c1-5-2-7(15)14(4-13-5)6(3-12)8(9,10)11/h2,4,6H,3,12H2,1H3. The van der Waals surface area contributed by atoms with E-state index in [1.807, 2.05) is 0 Å². The molecule has 0 saturated heterocycles. The smallest absolute Gasteiger partial charge is 0.328 e. The second-order valence-corrected chi connectivity index (χ2v) is 3.07. The van der Waals surface area contributed by atoms with E-state index in [1.54, 1.807) is 0 Å². The molecule has 1 aromatic rings. The fourth-order valence-corrected chi connectivity index (χ4v) is 1.14. The van der Waals surface area contributed by atoms with Crippen molar-refractivity contribution >= 4 is 0 Å². The number of aromatic nitrogens is 2. The number of nitrogens with two attached hydrogens (primary N) is 1. The first-order chi connectivity index (χ1) is 6.86. The van der Waals surface area contributed by atoms with Crippen molar-refractivity contribution in [2.75, 3.05) is 6.54 Å². The van der Waals surface area contributed by atoms with Crippen LogP contribution in [-0.4, -0.2) is 22.3 Å². The molecule has 0 aromatic carbocycles. The van der Waals surface area contributed by atoms with E-state index in [0.29, 0.717) is 10.3 Å². The highest BCUT2D eigenvalue weighted by Crippen LogP contribution is 2.28. The number of aryl methyl sites for hydroxylation is 1. The van der Waals surface area contributed by atoms with Gasteiger partial charge in [0, 0.05) is 18.3 Å². The molecular weight excluding hydrogens is 211 g/mol. The van der Waals surface area contributed by atoms with E-state index in [9.17, 15) is 18.0 Å². The lowest BCUT2D eigenvalue weighted by Crippen LogP contribution is -2.38. The van der Waals surface area contributed by atoms with Crippen molar-refractivity contribution in [1.29, 1.82) is 0 Å². The van der Waals surface area contributed by atoms with Crippen LogP contribution in [0.1, 0.15) is 11.7 Å². The van der Waals surface area contributed by atoms with Crippen LogP contribution >= 0.6 is 0 Å². The molecule has 0 aliphatic rings. The zero-order valence-electron chi connectivity index (χ0n) is 7.95. The van der Waals surface area contributed by atoms with Crippen LogP contribution in [0.15, 0.2) is 17.2 Å². The van der Waals surface area contributed by atoms with Gasteiger partial charge in [-0.1, -0.05) is 0 Å². The molecule has 2 N–H and O–H groups in total. The fraction of sp³-hybridized carbons (Fsp3) is 0.500. The topological polar surface area (TPSA) is 60.9 Å². The summed E-state index contributed by atoms with van der Waals surface area (Å²) >= 11 is 0.